The number of nitrogen functional groups attached to an aromatic ring is 1. The molecule has 9 heteroatoms. The van der Waals surface area contributed by atoms with E-state index >= 15 is 0 Å². The van der Waals surface area contributed by atoms with Crippen molar-refractivity contribution in [2.45, 2.75) is 45.6 Å². The van der Waals surface area contributed by atoms with Crippen LogP contribution in [0.25, 0.3) is 20.4 Å². The number of rotatable bonds is 3. The van der Waals surface area contributed by atoms with Crippen molar-refractivity contribution in [3.8, 4) is 0 Å². The summed E-state index contributed by atoms with van der Waals surface area (Å²) in [7, 11) is 1.87. The molecule has 29 heavy (non-hydrogen) atoms. The molecular formula is C20H21N5O2S2. The van der Waals surface area contributed by atoms with E-state index in [0.29, 0.717) is 16.5 Å². The Hall–Kier alpha value is -2.52. The molecular weight excluding hydrogens is 406 g/mol. The predicted molar refractivity (Wildman–Crippen MR) is 116 cm³/mol. The minimum absolute atomic E-state index is 0.00696. The van der Waals surface area contributed by atoms with Gasteiger partial charge in [0, 0.05) is 17.3 Å². The number of aromatic nitrogens is 4. The van der Waals surface area contributed by atoms with Crippen LogP contribution in [0.2, 0.25) is 0 Å². The van der Waals surface area contributed by atoms with E-state index in [-0.39, 0.29) is 12.6 Å². The standard InChI is InChI=1S/C20H21N5O2S2/c1-10-12-8-14(29-19(12)25(2)24-10)20(26)27-9-15-22-17(21)16-11-6-4-3-5-7-13(11)28-18(16)23-15/h8H,3-7,9H2,1-2H3,(H2,21,22,23). The number of carbonyl (C=O) groups excluding carboxylic acids is 1. The van der Waals surface area contributed by atoms with Crippen molar-refractivity contribution in [3.05, 3.63) is 32.9 Å². The number of aryl methyl sites for hydroxylation is 4. The molecule has 2 N–H and O–H groups in total. The van der Waals surface area contributed by atoms with Gasteiger partial charge >= 0.3 is 5.97 Å². The van der Waals surface area contributed by atoms with Crippen LogP contribution in [-0.2, 0) is 31.2 Å². The molecule has 4 heterocycles. The van der Waals surface area contributed by atoms with Gasteiger partial charge in [-0.2, -0.15) is 5.10 Å². The molecule has 4 aromatic rings. The molecule has 4 aromatic heterocycles. The molecule has 0 bridgehead atoms. The first kappa shape index (κ1) is 18.5. The average molecular weight is 428 g/mol. The van der Waals surface area contributed by atoms with E-state index in [2.05, 4.69) is 15.1 Å². The Labute approximate surface area is 175 Å². The summed E-state index contributed by atoms with van der Waals surface area (Å²) in [5, 5.41) is 6.33. The zero-order chi connectivity index (χ0) is 20.1. The number of fused-ring (bicyclic) bond motifs is 4. The maximum Gasteiger partial charge on any atom is 0.348 e. The van der Waals surface area contributed by atoms with Gasteiger partial charge in [0.2, 0.25) is 0 Å². The zero-order valence-corrected chi connectivity index (χ0v) is 18.0. The summed E-state index contributed by atoms with van der Waals surface area (Å²) in [5.41, 5.74) is 8.49. The molecule has 1 aliphatic rings. The SMILES string of the molecule is Cc1nn(C)c2sc(C(=O)OCc3nc(N)c4c5c(sc4n3)CCCCC5)cc12. The number of esters is 1. The largest absolute Gasteiger partial charge is 0.453 e. The highest BCUT2D eigenvalue weighted by Crippen LogP contribution is 2.37. The molecule has 0 radical (unpaired) electrons. The van der Waals surface area contributed by atoms with Crippen LogP contribution < -0.4 is 5.73 Å². The molecule has 0 saturated carbocycles. The van der Waals surface area contributed by atoms with Gasteiger partial charge in [0.05, 0.1) is 11.1 Å². The van der Waals surface area contributed by atoms with E-state index in [0.717, 1.165) is 39.0 Å². The van der Waals surface area contributed by atoms with Crippen molar-refractivity contribution in [1.82, 2.24) is 19.7 Å². The number of anilines is 1. The van der Waals surface area contributed by atoms with Crippen LogP contribution in [0.5, 0.6) is 0 Å². The summed E-state index contributed by atoms with van der Waals surface area (Å²) in [6, 6.07) is 1.83. The molecule has 1 aliphatic carbocycles. The van der Waals surface area contributed by atoms with E-state index in [9.17, 15) is 4.79 Å². The van der Waals surface area contributed by atoms with Gasteiger partial charge < -0.3 is 10.5 Å². The molecule has 0 saturated heterocycles. The van der Waals surface area contributed by atoms with E-state index in [1.807, 2.05) is 20.0 Å². The summed E-state index contributed by atoms with van der Waals surface area (Å²) in [4.78, 5) is 25.4. The molecule has 0 aliphatic heterocycles. The number of nitrogens with two attached hydrogens (primary N) is 1. The van der Waals surface area contributed by atoms with E-state index in [4.69, 9.17) is 10.5 Å². The fourth-order valence-corrected chi connectivity index (χ4v) is 6.28. The lowest BCUT2D eigenvalue weighted by Crippen LogP contribution is -2.07. The second kappa shape index (κ2) is 7.07. The van der Waals surface area contributed by atoms with Gasteiger partial charge in [-0.15, -0.1) is 22.7 Å². The lowest BCUT2D eigenvalue weighted by atomic mass is 10.1. The quantitative estimate of drug-likeness (QED) is 0.390. The maximum absolute atomic E-state index is 12.5. The number of ether oxygens (including phenoxy) is 1. The van der Waals surface area contributed by atoms with Crippen molar-refractivity contribution in [1.29, 1.82) is 0 Å². The van der Waals surface area contributed by atoms with E-state index < -0.39 is 0 Å². The summed E-state index contributed by atoms with van der Waals surface area (Å²) < 4.78 is 7.27. The fourth-order valence-electron chi connectivity index (χ4n) is 3.98. The Morgan fingerprint density at radius 1 is 1.24 bits per heavy atom. The summed E-state index contributed by atoms with van der Waals surface area (Å²) >= 11 is 3.08. The van der Waals surface area contributed by atoms with Crippen molar-refractivity contribution >= 4 is 54.9 Å². The Balaban J connectivity index is 1.38. The van der Waals surface area contributed by atoms with Crippen LogP contribution >= 0.6 is 22.7 Å². The van der Waals surface area contributed by atoms with Gasteiger partial charge in [0.15, 0.2) is 12.4 Å². The second-order valence-corrected chi connectivity index (χ2v) is 9.50. The molecule has 7 nitrogen and oxygen atoms in total. The third-order valence-corrected chi connectivity index (χ3v) is 7.74. The van der Waals surface area contributed by atoms with Gasteiger partial charge in [0.25, 0.3) is 0 Å². The number of hydrogen-bond acceptors (Lipinski definition) is 8. The molecule has 0 aromatic carbocycles. The van der Waals surface area contributed by atoms with Crippen LogP contribution in [-0.4, -0.2) is 25.7 Å². The lowest BCUT2D eigenvalue weighted by Gasteiger charge is -2.05. The van der Waals surface area contributed by atoms with Crippen molar-refractivity contribution in [2.24, 2.45) is 7.05 Å². The Morgan fingerprint density at radius 3 is 2.90 bits per heavy atom. The van der Waals surface area contributed by atoms with Crippen molar-refractivity contribution in [2.75, 3.05) is 5.73 Å². The second-order valence-electron chi connectivity index (χ2n) is 7.38. The smallest absolute Gasteiger partial charge is 0.348 e. The first-order valence-corrected chi connectivity index (χ1v) is 11.3. The third kappa shape index (κ3) is 3.18. The zero-order valence-electron chi connectivity index (χ0n) is 16.3. The van der Waals surface area contributed by atoms with Crippen molar-refractivity contribution in [3.63, 3.8) is 0 Å². The van der Waals surface area contributed by atoms with Crippen LogP contribution in [0.3, 0.4) is 0 Å². The molecule has 150 valence electrons. The fraction of sp³-hybridized carbons (Fsp3) is 0.400. The summed E-state index contributed by atoms with van der Waals surface area (Å²) in [6.07, 6.45) is 5.77. The minimum atomic E-state index is -0.380. The highest BCUT2D eigenvalue weighted by atomic mass is 32.1. The van der Waals surface area contributed by atoms with E-state index in [1.165, 1.54) is 41.0 Å². The number of thiophene rings is 2. The van der Waals surface area contributed by atoms with Gasteiger partial charge in [-0.25, -0.2) is 14.8 Å². The van der Waals surface area contributed by atoms with Gasteiger partial charge in [0.1, 0.15) is 20.4 Å². The average Bonchev–Trinajstić information content (AvgIpc) is 3.30. The number of carbonyl (C=O) groups is 1. The van der Waals surface area contributed by atoms with Crippen LogP contribution in [0.4, 0.5) is 5.82 Å². The van der Waals surface area contributed by atoms with Gasteiger partial charge in [-0.1, -0.05) is 6.42 Å². The van der Waals surface area contributed by atoms with Crippen LogP contribution in [0.15, 0.2) is 6.07 Å². The summed E-state index contributed by atoms with van der Waals surface area (Å²) in [6.45, 7) is 1.94. The summed E-state index contributed by atoms with van der Waals surface area (Å²) in [5.74, 6) is 0.553. The third-order valence-electron chi connectivity index (χ3n) is 5.37. The molecule has 0 spiro atoms. The minimum Gasteiger partial charge on any atom is -0.453 e. The highest BCUT2D eigenvalue weighted by molar-refractivity contribution is 7.20. The van der Waals surface area contributed by atoms with Gasteiger partial charge in [-0.05, 0) is 44.2 Å². The highest BCUT2D eigenvalue weighted by Gasteiger charge is 2.20. The number of nitrogens with zero attached hydrogens (tertiary/aromatic N) is 4. The topological polar surface area (TPSA) is 95.9 Å². The normalized spacial score (nSPS) is 14.3. The monoisotopic (exact) mass is 427 g/mol. The Kier molecular flexibility index (Phi) is 4.51. The predicted octanol–water partition coefficient (Wildman–Crippen LogP) is 4.16. The molecule has 5 rings (SSSR count). The lowest BCUT2D eigenvalue weighted by molar-refractivity contribution is 0.0468. The Bertz CT molecular complexity index is 1220. The first-order chi connectivity index (χ1) is 14.0. The van der Waals surface area contributed by atoms with Gasteiger partial charge in [-0.3, -0.25) is 4.68 Å². The maximum atomic E-state index is 12.5. The van der Waals surface area contributed by atoms with Crippen LogP contribution in [0, 0.1) is 6.92 Å². The van der Waals surface area contributed by atoms with E-state index in [1.54, 1.807) is 16.0 Å². The van der Waals surface area contributed by atoms with Crippen molar-refractivity contribution < 1.29 is 9.53 Å². The van der Waals surface area contributed by atoms with Crippen LogP contribution in [0.1, 0.15) is 50.9 Å². The number of hydrogen-bond donors (Lipinski definition) is 1. The molecule has 0 fully saturated rings. The first-order valence-electron chi connectivity index (χ1n) is 9.68. The Morgan fingerprint density at radius 2 is 2.07 bits per heavy atom. The molecule has 0 unspecified atom stereocenters. The molecule has 0 atom stereocenters. The molecule has 0 amide bonds.